The second kappa shape index (κ2) is 5.67. The van der Waals surface area contributed by atoms with Crippen LogP contribution in [0.1, 0.15) is 27.2 Å². The van der Waals surface area contributed by atoms with Crippen molar-refractivity contribution in [3.8, 4) is 0 Å². The summed E-state index contributed by atoms with van der Waals surface area (Å²) in [5.41, 5.74) is -0.278. The highest BCUT2D eigenvalue weighted by Gasteiger charge is 2.32. The van der Waals surface area contributed by atoms with Crippen molar-refractivity contribution >= 4 is 28.8 Å². The van der Waals surface area contributed by atoms with Gasteiger partial charge in [-0.3, -0.25) is 0 Å². The number of esters is 1. The van der Waals surface area contributed by atoms with Crippen LogP contribution in [-0.2, 0) is 14.3 Å². The molecule has 0 rings (SSSR count). The lowest BCUT2D eigenvalue weighted by Gasteiger charge is -2.23. The smallest absolute Gasteiger partial charge is 0.348 e. The van der Waals surface area contributed by atoms with Crippen molar-refractivity contribution in [1.29, 1.82) is 0 Å². The standard InChI is InChI=1S/C8H15O3SSi/c1-4-6(13)11-7(9)8(3,12)10-5-2/h6,12H,4-5H2,1-3H3. The zero-order valence-electron chi connectivity index (χ0n) is 8.16. The van der Waals surface area contributed by atoms with Crippen LogP contribution in [0.5, 0.6) is 0 Å². The van der Waals surface area contributed by atoms with E-state index < -0.39 is 10.9 Å². The van der Waals surface area contributed by atoms with Crippen molar-refractivity contribution in [2.75, 3.05) is 6.61 Å². The Hall–Kier alpha value is -0.00312. The van der Waals surface area contributed by atoms with Gasteiger partial charge in [-0.05, 0) is 20.3 Å². The molecular formula is C8H15O3SSi. The van der Waals surface area contributed by atoms with Gasteiger partial charge in [0, 0.05) is 6.61 Å². The fourth-order valence-corrected chi connectivity index (χ4v) is 0.951. The summed E-state index contributed by atoms with van der Waals surface area (Å²) in [6, 6.07) is 0. The van der Waals surface area contributed by atoms with Gasteiger partial charge >= 0.3 is 5.97 Å². The van der Waals surface area contributed by atoms with Gasteiger partial charge in [0.25, 0.3) is 0 Å². The molecule has 13 heavy (non-hydrogen) atoms. The molecule has 0 aromatic carbocycles. The average Bonchev–Trinajstić information content (AvgIpc) is 2.04. The van der Waals surface area contributed by atoms with Crippen molar-refractivity contribution in [2.24, 2.45) is 0 Å². The van der Waals surface area contributed by atoms with E-state index in [0.717, 1.165) is 0 Å². The fourth-order valence-electron chi connectivity index (χ4n) is 0.662. The Morgan fingerprint density at radius 1 is 1.62 bits per heavy atom. The van der Waals surface area contributed by atoms with Crippen LogP contribution < -0.4 is 0 Å². The molecule has 0 aliphatic rings. The molecule has 0 N–H and O–H groups in total. The molecule has 0 aliphatic carbocycles. The minimum absolute atomic E-state index is 0.278. The van der Waals surface area contributed by atoms with Crippen molar-refractivity contribution in [1.82, 2.24) is 0 Å². The van der Waals surface area contributed by atoms with Crippen LogP contribution in [-0.4, -0.2) is 33.5 Å². The Balaban J connectivity index is 4.08. The van der Waals surface area contributed by atoms with E-state index in [9.17, 15) is 4.79 Å². The van der Waals surface area contributed by atoms with E-state index in [-0.39, 0.29) is 5.73 Å². The normalized spacial score (nSPS) is 17.6. The molecule has 3 nitrogen and oxygen atoms in total. The molecule has 0 saturated heterocycles. The van der Waals surface area contributed by atoms with Crippen LogP contribution in [0.25, 0.3) is 0 Å². The minimum Gasteiger partial charge on any atom is -0.464 e. The number of carbonyl (C=O) groups is 1. The first-order valence-corrected chi connectivity index (χ1v) is 5.25. The van der Waals surface area contributed by atoms with E-state index in [1.807, 2.05) is 6.92 Å². The predicted octanol–water partition coefficient (Wildman–Crippen LogP) is 1.12. The molecule has 0 aromatic heterocycles. The monoisotopic (exact) mass is 219 g/mol. The summed E-state index contributed by atoms with van der Waals surface area (Å²) >= 11 is 4.06. The third-order valence-electron chi connectivity index (χ3n) is 1.42. The summed E-state index contributed by atoms with van der Waals surface area (Å²) < 4.78 is 10.1. The minimum atomic E-state index is -1.16. The Morgan fingerprint density at radius 2 is 2.15 bits per heavy atom. The third-order valence-corrected chi connectivity index (χ3v) is 2.26. The van der Waals surface area contributed by atoms with Gasteiger partial charge in [0.05, 0.1) is 16.0 Å². The van der Waals surface area contributed by atoms with E-state index in [1.54, 1.807) is 13.8 Å². The number of hydrogen-bond acceptors (Lipinski definition) is 4. The Kier molecular flexibility index (Phi) is 5.67. The van der Waals surface area contributed by atoms with Crippen molar-refractivity contribution in [2.45, 2.75) is 37.9 Å². The molecule has 0 spiro atoms. The summed E-state index contributed by atoms with van der Waals surface area (Å²) in [7, 11) is 3.24. The van der Waals surface area contributed by atoms with Crippen LogP contribution in [0.4, 0.5) is 0 Å². The van der Waals surface area contributed by atoms with Gasteiger partial charge < -0.3 is 9.47 Å². The highest BCUT2D eigenvalue weighted by atomic mass is 32.1. The van der Waals surface area contributed by atoms with Crippen molar-refractivity contribution in [3.63, 3.8) is 0 Å². The van der Waals surface area contributed by atoms with Crippen LogP contribution in [0.2, 0.25) is 0 Å². The molecule has 0 fully saturated rings. The quantitative estimate of drug-likeness (QED) is 0.326. The number of thiol groups is 1. The lowest BCUT2D eigenvalue weighted by atomic mass is 10.4. The number of rotatable bonds is 5. The molecule has 75 valence electrons. The summed E-state index contributed by atoms with van der Waals surface area (Å²) in [6.07, 6.45) is 0.707. The zero-order valence-corrected chi connectivity index (χ0v) is 10.1. The molecular weight excluding hydrogens is 204 g/mol. The highest BCUT2D eigenvalue weighted by Crippen LogP contribution is 2.18. The van der Waals surface area contributed by atoms with Crippen LogP contribution >= 0.6 is 12.6 Å². The topological polar surface area (TPSA) is 35.5 Å². The number of carbonyl (C=O) groups excluding carboxylic acids is 1. The first kappa shape index (κ1) is 13.0. The predicted molar refractivity (Wildman–Crippen MR) is 54.9 cm³/mol. The van der Waals surface area contributed by atoms with Crippen molar-refractivity contribution in [3.05, 3.63) is 0 Å². The summed E-state index contributed by atoms with van der Waals surface area (Å²) in [5.74, 6) is -0.473. The van der Waals surface area contributed by atoms with Gasteiger partial charge in [-0.15, -0.1) is 12.6 Å². The van der Waals surface area contributed by atoms with Gasteiger partial charge in [0.2, 0.25) is 4.93 Å². The lowest BCUT2D eigenvalue weighted by molar-refractivity contribution is -0.161. The van der Waals surface area contributed by atoms with Gasteiger partial charge in [-0.2, -0.15) is 0 Å². The van der Waals surface area contributed by atoms with Gasteiger partial charge in [0.1, 0.15) is 0 Å². The average molecular weight is 219 g/mol. The molecule has 0 bridgehead atoms. The molecule has 0 aromatic rings. The SMILES string of the molecule is CCOC(C)(S)C(=O)OC([Si])CC. The number of ether oxygens (including phenoxy) is 2. The van der Waals surface area contributed by atoms with E-state index in [0.29, 0.717) is 13.0 Å². The van der Waals surface area contributed by atoms with E-state index in [2.05, 4.69) is 22.9 Å². The second-order valence-electron chi connectivity index (χ2n) is 2.72. The first-order chi connectivity index (χ1) is 5.94. The summed E-state index contributed by atoms with van der Waals surface area (Å²) in [4.78, 5) is 10.2. The van der Waals surface area contributed by atoms with Gasteiger partial charge in [-0.25, -0.2) is 4.79 Å². The van der Waals surface area contributed by atoms with Crippen LogP contribution in [0.3, 0.4) is 0 Å². The molecule has 0 amide bonds. The highest BCUT2D eigenvalue weighted by molar-refractivity contribution is 7.82. The zero-order chi connectivity index (χ0) is 10.5. The van der Waals surface area contributed by atoms with Crippen molar-refractivity contribution < 1.29 is 14.3 Å². The van der Waals surface area contributed by atoms with Crippen LogP contribution in [0.15, 0.2) is 0 Å². The van der Waals surface area contributed by atoms with Gasteiger partial charge in [0.15, 0.2) is 0 Å². The van der Waals surface area contributed by atoms with E-state index in [1.165, 1.54) is 0 Å². The molecule has 5 heteroatoms. The van der Waals surface area contributed by atoms with E-state index in [4.69, 9.17) is 9.47 Å². The second-order valence-corrected chi connectivity index (χ2v) is 4.22. The molecule has 0 saturated carbocycles. The maximum Gasteiger partial charge on any atom is 0.348 e. The fraction of sp³-hybridized carbons (Fsp3) is 0.875. The van der Waals surface area contributed by atoms with Gasteiger partial charge in [-0.1, -0.05) is 6.92 Å². The molecule has 2 unspecified atom stereocenters. The van der Waals surface area contributed by atoms with Crippen LogP contribution in [0, 0.1) is 0 Å². The molecule has 2 atom stereocenters. The first-order valence-electron chi connectivity index (χ1n) is 4.22. The summed E-state index contributed by atoms with van der Waals surface area (Å²) in [5, 5.41) is 0. The largest absolute Gasteiger partial charge is 0.464 e. The van der Waals surface area contributed by atoms with E-state index >= 15 is 0 Å². The third kappa shape index (κ3) is 4.69. The number of hydrogen-bond donors (Lipinski definition) is 1. The molecule has 3 radical (unpaired) electrons. The molecule has 0 heterocycles. The molecule has 0 aliphatic heterocycles. The Morgan fingerprint density at radius 3 is 2.54 bits per heavy atom. The Labute approximate surface area is 88.0 Å². The maximum absolute atomic E-state index is 11.4. The Bertz CT molecular complexity index is 173. The lowest BCUT2D eigenvalue weighted by Crippen LogP contribution is -2.36. The maximum atomic E-state index is 11.4. The summed E-state index contributed by atoms with van der Waals surface area (Å²) in [6.45, 7) is 5.69.